The number of benzene rings is 1. The quantitative estimate of drug-likeness (QED) is 0.578. The number of nitrogens with zero attached hydrogens (tertiary/aromatic N) is 3. The van der Waals surface area contributed by atoms with Gasteiger partial charge < -0.3 is 11.1 Å². The van der Waals surface area contributed by atoms with Crippen molar-refractivity contribution in [2.45, 2.75) is 26.1 Å². The topological polar surface area (TPSA) is 85.8 Å². The van der Waals surface area contributed by atoms with Crippen LogP contribution in [0.4, 0.5) is 24.7 Å². The molecule has 0 saturated carbocycles. The summed E-state index contributed by atoms with van der Waals surface area (Å²) in [6.45, 7) is 3.37. The summed E-state index contributed by atoms with van der Waals surface area (Å²) >= 11 is 3.21. The van der Waals surface area contributed by atoms with E-state index in [9.17, 15) is 18.0 Å². The number of pyridine rings is 1. The summed E-state index contributed by atoms with van der Waals surface area (Å²) in [4.78, 5) is 20.8. The van der Waals surface area contributed by atoms with E-state index in [-0.39, 0.29) is 11.2 Å². The van der Waals surface area contributed by atoms with Crippen molar-refractivity contribution in [3.63, 3.8) is 0 Å². The molecule has 0 aliphatic carbocycles. The normalized spacial score (nSPS) is 13.0. The summed E-state index contributed by atoms with van der Waals surface area (Å²) < 4.78 is 41.0. The van der Waals surface area contributed by atoms with Crippen LogP contribution in [0, 0.1) is 6.92 Å². The number of alkyl halides is 3. The summed E-state index contributed by atoms with van der Waals surface area (Å²) in [7, 11) is 1.59. The first-order chi connectivity index (χ1) is 13.0. The van der Waals surface area contributed by atoms with Crippen molar-refractivity contribution in [3.05, 3.63) is 56.0 Å². The van der Waals surface area contributed by atoms with Gasteiger partial charge in [0.25, 0.3) is 5.56 Å². The zero-order valence-electron chi connectivity index (χ0n) is 15.2. The maximum atomic E-state index is 13.1. The number of nitrogens with two attached hydrogens (primary N) is 1. The minimum absolute atomic E-state index is 0.0207. The average molecular weight is 456 g/mol. The van der Waals surface area contributed by atoms with Crippen molar-refractivity contribution in [1.82, 2.24) is 14.5 Å². The maximum Gasteiger partial charge on any atom is 0.416 e. The Morgan fingerprint density at radius 3 is 2.54 bits per heavy atom. The Balaban J connectivity index is 2.08. The van der Waals surface area contributed by atoms with Crippen LogP contribution < -0.4 is 16.6 Å². The fourth-order valence-electron chi connectivity index (χ4n) is 2.89. The Bertz CT molecular complexity index is 1130. The van der Waals surface area contributed by atoms with Gasteiger partial charge in [0, 0.05) is 12.7 Å². The second-order valence-corrected chi connectivity index (χ2v) is 7.32. The highest BCUT2D eigenvalue weighted by Gasteiger charge is 2.31. The van der Waals surface area contributed by atoms with Gasteiger partial charge in [-0.1, -0.05) is 0 Å². The van der Waals surface area contributed by atoms with E-state index in [2.05, 4.69) is 31.2 Å². The first kappa shape index (κ1) is 20.1. The van der Waals surface area contributed by atoms with E-state index in [0.29, 0.717) is 32.7 Å². The zero-order valence-corrected chi connectivity index (χ0v) is 16.8. The van der Waals surface area contributed by atoms with Crippen molar-refractivity contribution in [2.24, 2.45) is 7.05 Å². The Morgan fingerprint density at radius 2 is 1.89 bits per heavy atom. The Kier molecular flexibility index (Phi) is 5.09. The third kappa shape index (κ3) is 3.82. The van der Waals surface area contributed by atoms with Gasteiger partial charge in [-0.25, -0.2) is 9.97 Å². The number of nitrogen functional groups attached to an aromatic ring is 1. The summed E-state index contributed by atoms with van der Waals surface area (Å²) in [5.74, 6) is 0.824. The van der Waals surface area contributed by atoms with Gasteiger partial charge >= 0.3 is 6.18 Å². The average Bonchev–Trinajstić information content (AvgIpc) is 2.59. The molecule has 3 rings (SSSR count). The molecule has 2 aromatic heterocycles. The fraction of sp³-hybridized carbons (Fsp3) is 0.278. The lowest BCUT2D eigenvalue weighted by atomic mass is 10.0. The largest absolute Gasteiger partial charge is 0.416 e. The minimum atomic E-state index is -4.49. The van der Waals surface area contributed by atoms with Gasteiger partial charge in [0.05, 0.1) is 21.5 Å². The monoisotopic (exact) mass is 455 g/mol. The molecule has 28 heavy (non-hydrogen) atoms. The molecule has 0 saturated heterocycles. The molecule has 148 valence electrons. The predicted octanol–water partition coefficient (Wildman–Crippen LogP) is 4.17. The molecule has 0 aliphatic rings. The van der Waals surface area contributed by atoms with Crippen molar-refractivity contribution < 1.29 is 13.2 Å². The fourth-order valence-corrected chi connectivity index (χ4v) is 3.38. The molecule has 1 atom stereocenters. The van der Waals surface area contributed by atoms with Crippen LogP contribution in [0.2, 0.25) is 0 Å². The van der Waals surface area contributed by atoms with E-state index in [1.165, 1.54) is 10.6 Å². The van der Waals surface area contributed by atoms with Crippen molar-refractivity contribution in [1.29, 1.82) is 0 Å². The summed E-state index contributed by atoms with van der Waals surface area (Å²) in [6.07, 6.45) is -4.49. The Labute approximate surface area is 166 Å². The second kappa shape index (κ2) is 7.08. The highest BCUT2D eigenvalue weighted by atomic mass is 79.9. The van der Waals surface area contributed by atoms with Crippen LogP contribution in [0.5, 0.6) is 0 Å². The van der Waals surface area contributed by atoms with Crippen LogP contribution in [-0.2, 0) is 13.2 Å². The van der Waals surface area contributed by atoms with Gasteiger partial charge in [-0.05, 0) is 59.6 Å². The lowest BCUT2D eigenvalue weighted by molar-refractivity contribution is -0.137. The molecule has 0 bridgehead atoms. The number of hydrogen-bond donors (Lipinski definition) is 2. The van der Waals surface area contributed by atoms with Crippen LogP contribution >= 0.6 is 15.9 Å². The van der Waals surface area contributed by atoms with Gasteiger partial charge in [0.2, 0.25) is 0 Å². The van der Waals surface area contributed by atoms with Crippen LogP contribution in [-0.4, -0.2) is 14.5 Å². The van der Waals surface area contributed by atoms with Crippen LogP contribution in [0.25, 0.3) is 11.0 Å². The molecular weight excluding hydrogens is 439 g/mol. The molecule has 0 fully saturated rings. The molecule has 0 radical (unpaired) electrons. The number of rotatable bonds is 3. The first-order valence-electron chi connectivity index (χ1n) is 8.25. The molecule has 0 aliphatic heterocycles. The molecular formula is C18H17BrF3N5O. The molecule has 2 heterocycles. The standard InChI is InChI=1S/C18H17BrF3N5O/c1-8(10-4-11(18(20,21)22)6-12(23)5-10)24-15-13-7-14(19)17(28)27(3)16(13)26-9(2)25-15/h4-8H,23H2,1-3H3,(H,24,25,26)/t8-/m1/s1. The predicted molar refractivity (Wildman–Crippen MR) is 105 cm³/mol. The van der Waals surface area contributed by atoms with Crippen molar-refractivity contribution >= 4 is 38.5 Å². The first-order valence-corrected chi connectivity index (χ1v) is 9.04. The van der Waals surface area contributed by atoms with Crippen LogP contribution in [0.1, 0.15) is 29.9 Å². The molecule has 10 heteroatoms. The number of anilines is 2. The zero-order chi connectivity index (χ0) is 20.8. The van der Waals surface area contributed by atoms with Gasteiger partial charge in [0.1, 0.15) is 17.3 Å². The van der Waals surface area contributed by atoms with Gasteiger partial charge in [-0.15, -0.1) is 0 Å². The van der Waals surface area contributed by atoms with E-state index < -0.39 is 17.8 Å². The summed E-state index contributed by atoms with van der Waals surface area (Å²) in [5.41, 5.74) is 5.39. The third-order valence-corrected chi connectivity index (χ3v) is 4.86. The Morgan fingerprint density at radius 1 is 1.21 bits per heavy atom. The lowest BCUT2D eigenvalue weighted by Gasteiger charge is -2.19. The highest BCUT2D eigenvalue weighted by Crippen LogP contribution is 2.34. The second-order valence-electron chi connectivity index (χ2n) is 6.47. The molecule has 6 nitrogen and oxygen atoms in total. The Hall–Kier alpha value is -2.62. The van der Waals surface area contributed by atoms with E-state index in [1.807, 2.05) is 0 Å². The maximum absolute atomic E-state index is 13.1. The third-order valence-electron chi connectivity index (χ3n) is 4.29. The highest BCUT2D eigenvalue weighted by molar-refractivity contribution is 9.10. The van der Waals surface area contributed by atoms with Crippen LogP contribution in [0.3, 0.4) is 0 Å². The number of hydrogen-bond acceptors (Lipinski definition) is 5. The van der Waals surface area contributed by atoms with E-state index >= 15 is 0 Å². The van der Waals surface area contributed by atoms with Gasteiger partial charge in [0.15, 0.2) is 0 Å². The summed E-state index contributed by atoms with van der Waals surface area (Å²) in [6, 6.07) is 4.49. The van der Waals surface area contributed by atoms with Gasteiger partial charge in [-0.3, -0.25) is 9.36 Å². The van der Waals surface area contributed by atoms with Crippen LogP contribution in [0.15, 0.2) is 33.5 Å². The molecule has 3 N–H and O–H groups in total. The number of aryl methyl sites for hydroxylation is 2. The lowest BCUT2D eigenvalue weighted by Crippen LogP contribution is -2.20. The van der Waals surface area contributed by atoms with E-state index in [4.69, 9.17) is 5.73 Å². The smallest absolute Gasteiger partial charge is 0.399 e. The molecule has 0 amide bonds. The minimum Gasteiger partial charge on any atom is -0.399 e. The molecule has 1 aromatic carbocycles. The number of aromatic nitrogens is 3. The number of nitrogens with one attached hydrogen (secondary N) is 1. The summed E-state index contributed by atoms with van der Waals surface area (Å²) in [5, 5.41) is 3.67. The SMILES string of the molecule is Cc1nc(N[C@H](C)c2cc(N)cc(C(F)(F)F)c2)c2cc(Br)c(=O)n(C)c2n1. The number of fused-ring (bicyclic) bond motifs is 1. The molecule has 0 spiro atoms. The van der Waals surface area contributed by atoms with E-state index in [1.54, 1.807) is 27.0 Å². The molecule has 0 unspecified atom stereocenters. The van der Waals surface area contributed by atoms with E-state index in [0.717, 1.165) is 12.1 Å². The van der Waals surface area contributed by atoms with Crippen molar-refractivity contribution in [3.8, 4) is 0 Å². The van der Waals surface area contributed by atoms with Gasteiger partial charge in [-0.2, -0.15) is 13.2 Å². The molecule has 3 aromatic rings. The van der Waals surface area contributed by atoms with Crippen molar-refractivity contribution in [2.75, 3.05) is 11.1 Å². The number of halogens is 4.